The lowest BCUT2D eigenvalue weighted by Gasteiger charge is -2.25. The van der Waals surface area contributed by atoms with Crippen molar-refractivity contribution in [3.05, 3.63) is 71.7 Å². The van der Waals surface area contributed by atoms with Crippen LogP contribution >= 0.6 is 0 Å². The number of fused-ring (bicyclic) bond motifs is 1. The highest BCUT2D eigenvalue weighted by Gasteiger charge is 2.16. The average Bonchev–Trinajstić information content (AvgIpc) is 3.03. The van der Waals surface area contributed by atoms with Crippen LogP contribution in [0, 0.1) is 5.82 Å². The molecule has 1 atom stereocenters. The molecule has 1 heterocycles. The molecular formula is C21H24FN3O. The van der Waals surface area contributed by atoms with Crippen LogP contribution in [0.15, 0.2) is 54.7 Å². The Bertz CT molecular complexity index is 888. The second-order valence-corrected chi connectivity index (χ2v) is 6.70. The fourth-order valence-electron chi connectivity index (χ4n) is 3.20. The zero-order valence-electron chi connectivity index (χ0n) is 15.1. The summed E-state index contributed by atoms with van der Waals surface area (Å²) < 4.78 is 13.5. The molecule has 0 aliphatic heterocycles. The van der Waals surface area contributed by atoms with Crippen molar-refractivity contribution in [3.63, 3.8) is 0 Å². The van der Waals surface area contributed by atoms with Crippen LogP contribution in [0.1, 0.15) is 23.6 Å². The van der Waals surface area contributed by atoms with Gasteiger partial charge in [-0.2, -0.15) is 0 Å². The summed E-state index contributed by atoms with van der Waals surface area (Å²) in [6.45, 7) is 0.448. The van der Waals surface area contributed by atoms with E-state index in [1.807, 2.05) is 49.5 Å². The normalized spacial score (nSPS) is 12.5. The third-order valence-corrected chi connectivity index (χ3v) is 4.65. The Kier molecular flexibility index (Phi) is 5.68. The van der Waals surface area contributed by atoms with Gasteiger partial charge in [0.15, 0.2) is 0 Å². The smallest absolute Gasteiger partial charge is 0.220 e. The standard InChI is InChI=1S/C21H24FN3O/c1-25(2)20(15-6-5-7-17(22)12-15)14-24-21(26)11-10-16-13-23-19-9-4-3-8-18(16)19/h3-9,12-13,20,23H,10-11,14H2,1-2H3,(H,24,26). The number of aromatic nitrogens is 1. The number of aromatic amines is 1. The molecule has 0 aliphatic carbocycles. The molecule has 4 nitrogen and oxygen atoms in total. The van der Waals surface area contributed by atoms with E-state index in [1.165, 1.54) is 12.1 Å². The van der Waals surface area contributed by atoms with E-state index < -0.39 is 0 Å². The number of carbonyl (C=O) groups is 1. The molecule has 0 radical (unpaired) electrons. The monoisotopic (exact) mass is 353 g/mol. The summed E-state index contributed by atoms with van der Waals surface area (Å²) >= 11 is 0. The number of amides is 1. The molecule has 0 aliphatic rings. The first-order chi connectivity index (χ1) is 12.5. The first-order valence-electron chi connectivity index (χ1n) is 8.78. The third kappa shape index (κ3) is 4.29. The molecule has 26 heavy (non-hydrogen) atoms. The minimum absolute atomic E-state index is 0.00136. The highest BCUT2D eigenvalue weighted by Crippen LogP contribution is 2.20. The average molecular weight is 353 g/mol. The Morgan fingerprint density at radius 1 is 1.19 bits per heavy atom. The van der Waals surface area contributed by atoms with Crippen LogP contribution in [-0.4, -0.2) is 36.4 Å². The van der Waals surface area contributed by atoms with Gasteiger partial charge in [0.05, 0.1) is 6.04 Å². The molecule has 1 unspecified atom stereocenters. The van der Waals surface area contributed by atoms with Gasteiger partial charge in [0.2, 0.25) is 5.91 Å². The molecule has 3 aromatic rings. The van der Waals surface area contributed by atoms with E-state index in [0.717, 1.165) is 22.0 Å². The van der Waals surface area contributed by atoms with Gasteiger partial charge in [0, 0.05) is 30.1 Å². The van der Waals surface area contributed by atoms with Crippen LogP contribution in [0.25, 0.3) is 10.9 Å². The van der Waals surface area contributed by atoms with Crippen molar-refractivity contribution in [2.45, 2.75) is 18.9 Å². The fraction of sp³-hybridized carbons (Fsp3) is 0.286. The fourth-order valence-corrected chi connectivity index (χ4v) is 3.20. The summed E-state index contributed by atoms with van der Waals surface area (Å²) in [5, 5.41) is 4.14. The number of halogens is 1. The Labute approximate surface area is 153 Å². The molecule has 0 spiro atoms. The second kappa shape index (κ2) is 8.15. The van der Waals surface area contributed by atoms with Crippen LogP contribution in [0.5, 0.6) is 0 Å². The van der Waals surface area contributed by atoms with Crippen LogP contribution in [-0.2, 0) is 11.2 Å². The molecule has 136 valence electrons. The predicted molar refractivity (Wildman–Crippen MR) is 102 cm³/mol. The highest BCUT2D eigenvalue weighted by atomic mass is 19.1. The summed E-state index contributed by atoms with van der Waals surface area (Å²) in [7, 11) is 3.85. The van der Waals surface area contributed by atoms with E-state index >= 15 is 0 Å². The van der Waals surface area contributed by atoms with Gasteiger partial charge >= 0.3 is 0 Å². The van der Waals surface area contributed by atoms with E-state index in [1.54, 1.807) is 6.07 Å². The molecule has 0 fully saturated rings. The molecule has 5 heteroatoms. The van der Waals surface area contributed by atoms with Crippen molar-refractivity contribution in [2.24, 2.45) is 0 Å². The first kappa shape index (κ1) is 18.1. The number of aryl methyl sites for hydroxylation is 1. The number of H-pyrrole nitrogens is 1. The number of carbonyl (C=O) groups excluding carboxylic acids is 1. The molecule has 2 aromatic carbocycles. The topological polar surface area (TPSA) is 48.1 Å². The maximum atomic E-state index is 13.5. The highest BCUT2D eigenvalue weighted by molar-refractivity contribution is 5.84. The van der Waals surface area contributed by atoms with Gasteiger partial charge in [-0.1, -0.05) is 30.3 Å². The van der Waals surface area contributed by atoms with Crippen molar-refractivity contribution in [1.82, 2.24) is 15.2 Å². The van der Waals surface area contributed by atoms with Crippen molar-refractivity contribution in [1.29, 1.82) is 0 Å². The van der Waals surface area contributed by atoms with Crippen molar-refractivity contribution in [2.75, 3.05) is 20.6 Å². The molecule has 2 N–H and O–H groups in total. The number of rotatable bonds is 7. The Hall–Kier alpha value is -2.66. The van der Waals surface area contributed by atoms with Gasteiger partial charge < -0.3 is 15.2 Å². The predicted octanol–water partition coefficient (Wildman–Crippen LogP) is 3.66. The summed E-state index contributed by atoms with van der Waals surface area (Å²) in [6.07, 6.45) is 3.07. The van der Waals surface area contributed by atoms with Crippen molar-refractivity contribution < 1.29 is 9.18 Å². The van der Waals surface area contributed by atoms with Crippen LogP contribution in [0.3, 0.4) is 0 Å². The number of likely N-dealkylation sites (N-methyl/N-ethyl adjacent to an activating group) is 1. The van der Waals surface area contributed by atoms with Gasteiger partial charge in [0.1, 0.15) is 5.82 Å². The summed E-state index contributed by atoms with van der Waals surface area (Å²) in [5.74, 6) is -0.265. The zero-order valence-corrected chi connectivity index (χ0v) is 15.1. The lowest BCUT2D eigenvalue weighted by Crippen LogP contribution is -2.34. The lowest BCUT2D eigenvalue weighted by atomic mass is 10.1. The largest absolute Gasteiger partial charge is 0.361 e. The zero-order chi connectivity index (χ0) is 18.5. The van der Waals surface area contributed by atoms with E-state index in [2.05, 4.69) is 16.4 Å². The minimum Gasteiger partial charge on any atom is -0.361 e. The van der Waals surface area contributed by atoms with Gasteiger partial charge in [-0.3, -0.25) is 4.79 Å². The van der Waals surface area contributed by atoms with E-state index in [-0.39, 0.29) is 17.8 Å². The Balaban J connectivity index is 1.57. The summed E-state index contributed by atoms with van der Waals surface area (Å²) in [5.41, 5.74) is 3.08. The minimum atomic E-state index is -0.264. The molecule has 1 amide bonds. The first-order valence-corrected chi connectivity index (χ1v) is 8.78. The maximum Gasteiger partial charge on any atom is 0.220 e. The number of benzene rings is 2. The third-order valence-electron chi connectivity index (χ3n) is 4.65. The molecular weight excluding hydrogens is 329 g/mol. The second-order valence-electron chi connectivity index (χ2n) is 6.70. The quantitative estimate of drug-likeness (QED) is 0.681. The lowest BCUT2D eigenvalue weighted by molar-refractivity contribution is -0.121. The van der Waals surface area contributed by atoms with E-state index in [9.17, 15) is 9.18 Å². The number of hydrogen-bond donors (Lipinski definition) is 2. The van der Waals surface area contributed by atoms with Crippen molar-refractivity contribution in [3.8, 4) is 0 Å². The van der Waals surface area contributed by atoms with Gasteiger partial charge in [-0.25, -0.2) is 4.39 Å². The molecule has 3 rings (SSSR count). The van der Waals surface area contributed by atoms with Crippen LogP contribution < -0.4 is 5.32 Å². The number of nitrogens with zero attached hydrogens (tertiary/aromatic N) is 1. The molecule has 0 saturated carbocycles. The Morgan fingerprint density at radius 3 is 2.77 bits per heavy atom. The van der Waals surface area contributed by atoms with Gasteiger partial charge in [-0.05, 0) is 49.8 Å². The van der Waals surface area contributed by atoms with Crippen molar-refractivity contribution >= 4 is 16.8 Å². The SMILES string of the molecule is CN(C)C(CNC(=O)CCc1c[nH]c2ccccc12)c1cccc(F)c1. The van der Waals surface area contributed by atoms with Crippen LogP contribution in [0.2, 0.25) is 0 Å². The number of nitrogens with one attached hydrogen (secondary N) is 2. The summed E-state index contributed by atoms with van der Waals surface area (Å²) in [4.78, 5) is 17.5. The van der Waals surface area contributed by atoms with Gasteiger partial charge in [-0.15, -0.1) is 0 Å². The van der Waals surface area contributed by atoms with E-state index in [4.69, 9.17) is 0 Å². The number of hydrogen-bond acceptors (Lipinski definition) is 2. The van der Waals surface area contributed by atoms with E-state index in [0.29, 0.717) is 19.4 Å². The molecule has 0 bridgehead atoms. The molecule has 0 saturated heterocycles. The van der Waals surface area contributed by atoms with Gasteiger partial charge in [0.25, 0.3) is 0 Å². The number of para-hydroxylation sites is 1. The molecule has 1 aromatic heterocycles. The van der Waals surface area contributed by atoms with Crippen LogP contribution in [0.4, 0.5) is 4.39 Å². The maximum absolute atomic E-state index is 13.5. The Morgan fingerprint density at radius 2 is 2.00 bits per heavy atom. The summed E-state index contributed by atoms with van der Waals surface area (Å²) in [6, 6.07) is 14.5.